The number of amides is 2. The van der Waals surface area contributed by atoms with Crippen LogP contribution in [0.2, 0.25) is 0 Å². The molecule has 0 aliphatic carbocycles. The van der Waals surface area contributed by atoms with E-state index < -0.39 is 0 Å². The summed E-state index contributed by atoms with van der Waals surface area (Å²) in [4.78, 5) is 30.5. The Morgan fingerprint density at radius 3 is 2.96 bits per heavy atom. The lowest BCUT2D eigenvalue weighted by Gasteiger charge is -2.15. The first kappa shape index (κ1) is 17.3. The van der Waals surface area contributed by atoms with Gasteiger partial charge < -0.3 is 15.0 Å². The van der Waals surface area contributed by atoms with Gasteiger partial charge in [0.05, 0.1) is 30.6 Å². The summed E-state index contributed by atoms with van der Waals surface area (Å²) in [5.41, 5.74) is 1.40. The summed E-state index contributed by atoms with van der Waals surface area (Å²) in [7, 11) is 1.59. The number of rotatable bonds is 6. The molecule has 1 saturated heterocycles. The number of carbonyl (C=O) groups excluding carboxylic acids is 2. The minimum Gasteiger partial charge on any atom is -0.383 e. The zero-order valence-corrected chi connectivity index (χ0v) is 14.7. The Morgan fingerprint density at radius 2 is 2.24 bits per heavy atom. The number of hydrogen-bond acceptors (Lipinski definition) is 5. The minimum absolute atomic E-state index is 0.0102. The van der Waals surface area contributed by atoms with E-state index in [9.17, 15) is 9.59 Å². The molecule has 0 saturated carbocycles. The summed E-state index contributed by atoms with van der Waals surface area (Å²) in [6.45, 7) is 5.49. The standard InChI is InChI=1S/C17H23N5O3/c1-11(2)22-16-12(8-19-22)6-14(9-18-16)20-17(24)13-7-15(23)21(10-13)4-5-25-3/h6,8-9,11,13H,4-5,7,10H2,1-3H3,(H,20,24)/t13-/m0/s1. The van der Waals surface area contributed by atoms with Crippen LogP contribution in [0.3, 0.4) is 0 Å². The highest BCUT2D eigenvalue weighted by atomic mass is 16.5. The molecule has 8 heteroatoms. The van der Waals surface area contributed by atoms with Crippen molar-refractivity contribution < 1.29 is 14.3 Å². The molecule has 1 N–H and O–H groups in total. The predicted octanol–water partition coefficient (Wildman–Crippen LogP) is 1.45. The summed E-state index contributed by atoms with van der Waals surface area (Å²) in [5.74, 6) is -0.520. The summed E-state index contributed by atoms with van der Waals surface area (Å²) in [6, 6.07) is 2.07. The third kappa shape index (κ3) is 3.63. The van der Waals surface area contributed by atoms with E-state index >= 15 is 0 Å². The van der Waals surface area contributed by atoms with E-state index in [0.29, 0.717) is 25.4 Å². The van der Waals surface area contributed by atoms with E-state index in [0.717, 1.165) is 11.0 Å². The molecule has 1 fully saturated rings. The fourth-order valence-corrected chi connectivity index (χ4v) is 3.00. The van der Waals surface area contributed by atoms with Gasteiger partial charge in [-0.25, -0.2) is 9.67 Å². The molecular formula is C17H23N5O3. The number of ether oxygens (including phenoxy) is 1. The number of aromatic nitrogens is 3. The number of hydrogen-bond donors (Lipinski definition) is 1. The van der Waals surface area contributed by atoms with E-state index in [-0.39, 0.29) is 30.2 Å². The lowest BCUT2D eigenvalue weighted by molar-refractivity contribution is -0.128. The number of nitrogens with zero attached hydrogens (tertiary/aromatic N) is 4. The van der Waals surface area contributed by atoms with Crippen LogP contribution in [0.25, 0.3) is 11.0 Å². The summed E-state index contributed by atoms with van der Waals surface area (Å²) >= 11 is 0. The minimum atomic E-state index is -0.349. The van der Waals surface area contributed by atoms with Crippen LogP contribution in [-0.4, -0.2) is 58.3 Å². The predicted molar refractivity (Wildman–Crippen MR) is 93.1 cm³/mol. The monoisotopic (exact) mass is 345 g/mol. The van der Waals surface area contributed by atoms with Crippen LogP contribution in [0.1, 0.15) is 26.3 Å². The van der Waals surface area contributed by atoms with Crippen molar-refractivity contribution in [1.29, 1.82) is 0 Å². The Labute approximate surface area is 146 Å². The Bertz CT molecular complexity index is 786. The molecule has 3 rings (SSSR count). The van der Waals surface area contributed by atoms with Crippen molar-refractivity contribution in [2.24, 2.45) is 5.92 Å². The first-order valence-electron chi connectivity index (χ1n) is 8.40. The van der Waals surface area contributed by atoms with Crippen LogP contribution in [0, 0.1) is 5.92 Å². The molecule has 0 unspecified atom stereocenters. The Morgan fingerprint density at radius 1 is 1.44 bits per heavy atom. The number of fused-ring (bicyclic) bond motifs is 1. The second-order valence-corrected chi connectivity index (χ2v) is 6.54. The van der Waals surface area contributed by atoms with Crippen LogP contribution in [0.15, 0.2) is 18.5 Å². The van der Waals surface area contributed by atoms with Gasteiger partial charge in [-0.1, -0.05) is 0 Å². The number of nitrogens with one attached hydrogen (secondary N) is 1. The molecule has 2 aromatic heterocycles. The Hall–Kier alpha value is -2.48. The summed E-state index contributed by atoms with van der Waals surface area (Å²) in [5, 5.41) is 8.05. The van der Waals surface area contributed by atoms with Crippen molar-refractivity contribution in [2.75, 3.05) is 32.1 Å². The van der Waals surface area contributed by atoms with Gasteiger partial charge in [0.15, 0.2) is 5.65 Å². The molecule has 0 aromatic carbocycles. The van der Waals surface area contributed by atoms with Gasteiger partial charge in [0.25, 0.3) is 0 Å². The van der Waals surface area contributed by atoms with Crippen molar-refractivity contribution in [3.8, 4) is 0 Å². The van der Waals surface area contributed by atoms with Crippen molar-refractivity contribution in [3.63, 3.8) is 0 Å². The molecule has 3 heterocycles. The number of methoxy groups -OCH3 is 1. The molecule has 1 atom stereocenters. The summed E-state index contributed by atoms with van der Waals surface area (Å²) < 4.78 is 6.83. The molecular weight excluding hydrogens is 322 g/mol. The van der Waals surface area contributed by atoms with Gasteiger partial charge in [-0.3, -0.25) is 9.59 Å². The highest BCUT2D eigenvalue weighted by Crippen LogP contribution is 2.22. The number of likely N-dealkylation sites (tertiary alicyclic amines) is 1. The zero-order valence-electron chi connectivity index (χ0n) is 14.7. The molecule has 25 heavy (non-hydrogen) atoms. The van der Waals surface area contributed by atoms with Gasteiger partial charge in [0.2, 0.25) is 11.8 Å². The van der Waals surface area contributed by atoms with Crippen LogP contribution in [0.5, 0.6) is 0 Å². The fraction of sp³-hybridized carbons (Fsp3) is 0.529. The first-order valence-corrected chi connectivity index (χ1v) is 8.40. The van der Waals surface area contributed by atoms with E-state index in [2.05, 4.69) is 15.4 Å². The maximum absolute atomic E-state index is 12.5. The molecule has 0 spiro atoms. The Balaban J connectivity index is 1.67. The number of anilines is 1. The topological polar surface area (TPSA) is 89.3 Å². The SMILES string of the molecule is COCCN1C[C@@H](C(=O)Nc2cnc3c(cnn3C(C)C)c2)CC1=O. The van der Waals surface area contributed by atoms with Crippen molar-refractivity contribution in [3.05, 3.63) is 18.5 Å². The molecule has 1 aliphatic heterocycles. The van der Waals surface area contributed by atoms with Gasteiger partial charge in [-0.05, 0) is 19.9 Å². The third-order valence-corrected chi connectivity index (χ3v) is 4.34. The zero-order chi connectivity index (χ0) is 18.0. The molecule has 2 amide bonds. The van der Waals surface area contributed by atoms with Crippen LogP contribution < -0.4 is 5.32 Å². The molecule has 8 nitrogen and oxygen atoms in total. The van der Waals surface area contributed by atoms with Crippen LogP contribution >= 0.6 is 0 Å². The van der Waals surface area contributed by atoms with Gasteiger partial charge in [0.1, 0.15) is 0 Å². The maximum Gasteiger partial charge on any atom is 0.229 e. The third-order valence-electron chi connectivity index (χ3n) is 4.34. The van der Waals surface area contributed by atoms with E-state index in [1.807, 2.05) is 24.6 Å². The quantitative estimate of drug-likeness (QED) is 0.856. The molecule has 1 aliphatic rings. The van der Waals surface area contributed by atoms with Crippen LogP contribution in [-0.2, 0) is 14.3 Å². The molecule has 2 aromatic rings. The second-order valence-electron chi connectivity index (χ2n) is 6.54. The lowest BCUT2D eigenvalue weighted by Crippen LogP contribution is -2.30. The molecule has 0 bridgehead atoms. The van der Waals surface area contributed by atoms with Crippen molar-refractivity contribution >= 4 is 28.5 Å². The van der Waals surface area contributed by atoms with Crippen LogP contribution in [0.4, 0.5) is 5.69 Å². The normalized spacial score (nSPS) is 17.7. The smallest absolute Gasteiger partial charge is 0.229 e. The highest BCUT2D eigenvalue weighted by molar-refractivity contribution is 5.98. The molecule has 134 valence electrons. The van der Waals surface area contributed by atoms with E-state index in [1.54, 1.807) is 24.4 Å². The first-order chi connectivity index (χ1) is 12.0. The molecule has 0 radical (unpaired) electrons. The second kappa shape index (κ2) is 7.18. The van der Waals surface area contributed by atoms with Gasteiger partial charge in [0, 0.05) is 38.0 Å². The lowest BCUT2D eigenvalue weighted by atomic mass is 10.1. The largest absolute Gasteiger partial charge is 0.383 e. The Kier molecular flexibility index (Phi) is 4.98. The highest BCUT2D eigenvalue weighted by Gasteiger charge is 2.34. The summed E-state index contributed by atoms with van der Waals surface area (Å²) in [6.07, 6.45) is 3.60. The van der Waals surface area contributed by atoms with Crippen molar-refractivity contribution in [1.82, 2.24) is 19.7 Å². The fourth-order valence-electron chi connectivity index (χ4n) is 3.00. The maximum atomic E-state index is 12.5. The number of pyridine rings is 1. The van der Waals surface area contributed by atoms with Gasteiger partial charge in [-0.15, -0.1) is 0 Å². The average molecular weight is 345 g/mol. The average Bonchev–Trinajstić information content (AvgIpc) is 3.16. The van der Waals surface area contributed by atoms with Gasteiger partial charge in [-0.2, -0.15) is 5.10 Å². The van der Waals surface area contributed by atoms with E-state index in [1.165, 1.54) is 0 Å². The van der Waals surface area contributed by atoms with E-state index in [4.69, 9.17) is 4.74 Å². The number of carbonyl (C=O) groups is 2. The van der Waals surface area contributed by atoms with Gasteiger partial charge >= 0.3 is 0 Å². The van der Waals surface area contributed by atoms with Crippen molar-refractivity contribution in [2.45, 2.75) is 26.3 Å².